The van der Waals surface area contributed by atoms with Crippen LogP contribution in [-0.4, -0.2) is 30.0 Å². The molecule has 126 valence electrons. The Kier molecular flexibility index (Phi) is 4.49. The highest BCUT2D eigenvalue weighted by atomic mass is 16.2. The number of aliphatic imine (C=N–C) groups is 1. The summed E-state index contributed by atoms with van der Waals surface area (Å²) in [5.74, 6) is 5.69. The first-order chi connectivity index (χ1) is 11.5. The van der Waals surface area contributed by atoms with Crippen molar-refractivity contribution in [1.29, 1.82) is 0 Å². The summed E-state index contributed by atoms with van der Waals surface area (Å²) in [4.78, 5) is 16.3. The normalized spacial score (nSPS) is 22.3. The molecule has 1 aliphatic carbocycles. The average Bonchev–Trinajstić information content (AvgIpc) is 3.39. The largest absolute Gasteiger partial charge is 0.331 e. The predicted octanol–water partition coefficient (Wildman–Crippen LogP) is -0.416. The molecule has 2 aliphatic rings. The first-order valence-corrected chi connectivity index (χ1v) is 8.19. The van der Waals surface area contributed by atoms with Crippen molar-refractivity contribution in [3.8, 4) is 0 Å². The molecule has 6 heteroatoms. The van der Waals surface area contributed by atoms with Gasteiger partial charge in [-0.2, -0.15) is 5.10 Å². The van der Waals surface area contributed by atoms with Gasteiger partial charge in [-0.3, -0.25) is 9.79 Å². The molecule has 0 radical (unpaired) electrons. The lowest BCUT2D eigenvalue weighted by Gasteiger charge is -2.15. The van der Waals surface area contributed by atoms with Gasteiger partial charge in [0.1, 0.15) is 6.17 Å². The molecule has 1 aromatic carbocycles. The standard InChI is InChI=1S/C18H23N5O/c1-10(19)17(11(2)23-20)14-6-5-13-8-16(21-9-15(13)7-14)22-18(24)12-3-4-12/h5-10,12,16H,3-4,19-20H2,1-2H3,(H,22,24). The SMILES string of the molecule is CC(=NN)C(=c1ccc2c(c1)C=NC(NC(=O)C1CC1)C=2)C(C)N. The topological polar surface area (TPSA) is 106 Å². The monoisotopic (exact) mass is 325 g/mol. The van der Waals surface area contributed by atoms with Crippen LogP contribution >= 0.6 is 0 Å². The molecule has 1 fully saturated rings. The van der Waals surface area contributed by atoms with E-state index in [0.29, 0.717) is 0 Å². The Hall–Kier alpha value is -2.47. The Balaban J connectivity index is 1.96. The summed E-state index contributed by atoms with van der Waals surface area (Å²) < 4.78 is 0. The summed E-state index contributed by atoms with van der Waals surface area (Å²) in [5, 5.41) is 8.75. The van der Waals surface area contributed by atoms with Gasteiger partial charge >= 0.3 is 0 Å². The van der Waals surface area contributed by atoms with Gasteiger partial charge in [-0.05, 0) is 54.8 Å². The number of rotatable bonds is 4. The second kappa shape index (κ2) is 6.57. The van der Waals surface area contributed by atoms with Gasteiger partial charge < -0.3 is 16.9 Å². The zero-order valence-corrected chi connectivity index (χ0v) is 14.0. The van der Waals surface area contributed by atoms with Gasteiger partial charge in [0.05, 0.1) is 5.71 Å². The molecule has 24 heavy (non-hydrogen) atoms. The first-order valence-electron chi connectivity index (χ1n) is 8.19. The molecule has 2 atom stereocenters. The van der Waals surface area contributed by atoms with Crippen molar-refractivity contribution in [1.82, 2.24) is 5.32 Å². The van der Waals surface area contributed by atoms with Crippen LogP contribution in [0.5, 0.6) is 0 Å². The van der Waals surface area contributed by atoms with Gasteiger partial charge in [0, 0.05) is 23.7 Å². The maximum atomic E-state index is 11.9. The molecule has 1 saturated carbocycles. The number of carbonyl (C=O) groups is 1. The number of nitrogens with zero attached hydrogens (tertiary/aromatic N) is 2. The Morgan fingerprint density at radius 2 is 2.17 bits per heavy atom. The van der Waals surface area contributed by atoms with Crippen molar-refractivity contribution in [3.63, 3.8) is 0 Å². The summed E-state index contributed by atoms with van der Waals surface area (Å²) >= 11 is 0. The molecule has 0 saturated heterocycles. The highest BCUT2D eigenvalue weighted by Crippen LogP contribution is 2.28. The van der Waals surface area contributed by atoms with Crippen molar-refractivity contribution in [3.05, 3.63) is 34.2 Å². The van der Waals surface area contributed by atoms with E-state index in [1.807, 2.05) is 38.1 Å². The highest BCUT2D eigenvalue weighted by Gasteiger charge is 2.30. The second-order valence-corrected chi connectivity index (χ2v) is 6.43. The fourth-order valence-corrected chi connectivity index (χ4v) is 2.94. The van der Waals surface area contributed by atoms with Crippen molar-refractivity contribution < 1.29 is 4.79 Å². The van der Waals surface area contributed by atoms with Crippen LogP contribution in [-0.2, 0) is 4.79 Å². The molecule has 0 aromatic heterocycles. The van der Waals surface area contributed by atoms with Crippen molar-refractivity contribution in [2.45, 2.75) is 38.9 Å². The van der Waals surface area contributed by atoms with Gasteiger partial charge in [-0.1, -0.05) is 12.1 Å². The number of nitrogens with two attached hydrogens (primary N) is 2. The van der Waals surface area contributed by atoms with E-state index in [2.05, 4.69) is 15.4 Å². The Morgan fingerprint density at radius 3 is 2.79 bits per heavy atom. The number of hydrogen-bond acceptors (Lipinski definition) is 5. The van der Waals surface area contributed by atoms with Crippen molar-refractivity contribution in [2.75, 3.05) is 0 Å². The molecule has 1 heterocycles. The van der Waals surface area contributed by atoms with E-state index in [4.69, 9.17) is 11.6 Å². The fraction of sp³-hybridized carbons (Fsp3) is 0.389. The van der Waals surface area contributed by atoms with Gasteiger partial charge in [0.15, 0.2) is 0 Å². The van der Waals surface area contributed by atoms with Gasteiger partial charge in [-0.15, -0.1) is 0 Å². The van der Waals surface area contributed by atoms with E-state index in [1.54, 1.807) is 6.21 Å². The third-order valence-corrected chi connectivity index (χ3v) is 4.39. The number of carbonyl (C=O) groups excluding carboxylic acids is 1. The second-order valence-electron chi connectivity index (χ2n) is 6.43. The Morgan fingerprint density at radius 1 is 1.42 bits per heavy atom. The minimum absolute atomic E-state index is 0.0934. The molecule has 6 nitrogen and oxygen atoms in total. The quantitative estimate of drug-likeness (QED) is 0.398. The minimum Gasteiger partial charge on any atom is -0.331 e. The predicted molar refractivity (Wildman–Crippen MR) is 96.8 cm³/mol. The van der Waals surface area contributed by atoms with Crippen LogP contribution in [0.25, 0.3) is 11.6 Å². The Labute approximate surface area is 141 Å². The molecule has 0 bridgehead atoms. The first kappa shape index (κ1) is 16.4. The summed E-state index contributed by atoms with van der Waals surface area (Å²) in [6.07, 6.45) is 5.44. The van der Waals surface area contributed by atoms with E-state index in [9.17, 15) is 4.79 Å². The summed E-state index contributed by atoms with van der Waals surface area (Å²) in [7, 11) is 0. The fourth-order valence-electron chi connectivity index (χ4n) is 2.94. The maximum Gasteiger partial charge on any atom is 0.224 e. The lowest BCUT2D eigenvalue weighted by molar-refractivity contribution is -0.122. The van der Waals surface area contributed by atoms with Crippen LogP contribution in [0.2, 0.25) is 0 Å². The number of amides is 1. The molecule has 1 aromatic rings. The van der Waals surface area contributed by atoms with E-state index in [-0.39, 0.29) is 24.0 Å². The smallest absolute Gasteiger partial charge is 0.224 e. The highest BCUT2D eigenvalue weighted by molar-refractivity contribution is 6.18. The van der Waals surface area contributed by atoms with Crippen LogP contribution in [0, 0.1) is 5.92 Å². The van der Waals surface area contributed by atoms with E-state index in [0.717, 1.165) is 40.1 Å². The van der Waals surface area contributed by atoms with E-state index >= 15 is 0 Å². The van der Waals surface area contributed by atoms with Crippen LogP contribution < -0.4 is 27.3 Å². The van der Waals surface area contributed by atoms with E-state index < -0.39 is 0 Å². The third kappa shape index (κ3) is 3.38. The van der Waals surface area contributed by atoms with Crippen LogP contribution in [0.4, 0.5) is 0 Å². The third-order valence-electron chi connectivity index (χ3n) is 4.39. The lowest BCUT2D eigenvalue weighted by Crippen LogP contribution is -2.37. The molecule has 5 N–H and O–H groups in total. The average molecular weight is 325 g/mol. The molecule has 3 rings (SSSR count). The molecule has 1 aliphatic heterocycles. The zero-order valence-electron chi connectivity index (χ0n) is 14.0. The lowest BCUT2D eigenvalue weighted by atomic mass is 9.99. The molecule has 0 spiro atoms. The van der Waals surface area contributed by atoms with Crippen LogP contribution in [0.1, 0.15) is 32.3 Å². The van der Waals surface area contributed by atoms with Crippen LogP contribution in [0.3, 0.4) is 0 Å². The molecular formula is C18H23N5O. The molecular weight excluding hydrogens is 302 g/mol. The van der Waals surface area contributed by atoms with Gasteiger partial charge in [-0.25, -0.2) is 0 Å². The van der Waals surface area contributed by atoms with Gasteiger partial charge in [0.25, 0.3) is 0 Å². The molecule has 1 amide bonds. The van der Waals surface area contributed by atoms with Crippen molar-refractivity contribution in [2.24, 2.45) is 27.6 Å². The summed E-state index contributed by atoms with van der Waals surface area (Å²) in [5.41, 5.74) is 8.70. The van der Waals surface area contributed by atoms with Crippen molar-refractivity contribution >= 4 is 29.5 Å². The van der Waals surface area contributed by atoms with Gasteiger partial charge in [0.2, 0.25) is 5.91 Å². The Bertz CT molecular complexity index is 833. The number of hydrogen-bond donors (Lipinski definition) is 3. The molecule has 2 unspecified atom stereocenters. The summed E-state index contributed by atoms with van der Waals surface area (Å²) in [6.45, 7) is 3.76. The number of nitrogens with one attached hydrogen (secondary N) is 1. The summed E-state index contributed by atoms with van der Waals surface area (Å²) in [6, 6.07) is 5.87. The van der Waals surface area contributed by atoms with E-state index in [1.165, 1.54) is 0 Å². The maximum absolute atomic E-state index is 11.9. The van der Waals surface area contributed by atoms with Crippen LogP contribution in [0.15, 0.2) is 28.3 Å². The minimum atomic E-state index is -0.291. The number of benzene rings is 1. The number of hydrazone groups is 1. The zero-order chi connectivity index (χ0) is 17.3. The number of fused-ring (bicyclic) bond motifs is 1.